The van der Waals surface area contributed by atoms with Gasteiger partial charge in [0, 0.05) is 4.47 Å². The number of halogens is 4. The molecule has 0 saturated carbocycles. The Bertz CT molecular complexity index is 769. The highest BCUT2D eigenvalue weighted by Gasteiger charge is 2.22. The Morgan fingerprint density at radius 3 is 2.19 bits per heavy atom. The van der Waals surface area contributed by atoms with Crippen LogP contribution < -0.4 is 4.72 Å². The Balaban J connectivity index is 2.48. The van der Waals surface area contributed by atoms with Crippen molar-refractivity contribution in [2.24, 2.45) is 0 Å². The Hall–Kier alpha value is -0.820. The van der Waals surface area contributed by atoms with Crippen molar-refractivity contribution in [3.05, 3.63) is 56.2 Å². The van der Waals surface area contributed by atoms with Crippen LogP contribution >= 0.6 is 39.1 Å². The molecule has 112 valence electrons. The lowest BCUT2D eigenvalue weighted by Crippen LogP contribution is -2.14. The molecule has 0 aliphatic heterocycles. The van der Waals surface area contributed by atoms with Crippen LogP contribution in [-0.2, 0) is 10.0 Å². The lowest BCUT2D eigenvalue weighted by Gasteiger charge is -2.12. The second-order valence-corrected chi connectivity index (χ2v) is 7.67. The van der Waals surface area contributed by atoms with Crippen molar-refractivity contribution in [1.29, 1.82) is 0 Å². The molecule has 2 aromatic rings. The molecule has 1 N–H and O–H groups in total. The molecule has 0 heterocycles. The van der Waals surface area contributed by atoms with Crippen LogP contribution in [0.25, 0.3) is 0 Å². The Morgan fingerprint density at radius 1 is 1.10 bits per heavy atom. The smallest absolute Gasteiger partial charge is 0.264 e. The SMILES string of the molecule is Cc1cc(F)cc(NS(=O)(=O)c2c(Cl)cc(Br)cc2Cl)c1. The summed E-state index contributed by atoms with van der Waals surface area (Å²) in [5.41, 5.74) is 0.684. The zero-order chi connectivity index (χ0) is 15.8. The summed E-state index contributed by atoms with van der Waals surface area (Å²) in [4.78, 5) is -0.254. The van der Waals surface area contributed by atoms with Gasteiger partial charge in [0.25, 0.3) is 10.0 Å². The van der Waals surface area contributed by atoms with E-state index in [-0.39, 0.29) is 20.6 Å². The molecule has 3 nitrogen and oxygen atoms in total. The third kappa shape index (κ3) is 3.88. The molecule has 2 aromatic carbocycles. The minimum Gasteiger partial charge on any atom is -0.279 e. The van der Waals surface area contributed by atoms with Gasteiger partial charge in [0.1, 0.15) is 10.7 Å². The maximum atomic E-state index is 13.3. The fourth-order valence-electron chi connectivity index (χ4n) is 1.79. The van der Waals surface area contributed by atoms with E-state index in [9.17, 15) is 12.8 Å². The Morgan fingerprint density at radius 2 is 1.67 bits per heavy atom. The summed E-state index contributed by atoms with van der Waals surface area (Å²) in [6.07, 6.45) is 0. The molecule has 2 rings (SSSR count). The van der Waals surface area contributed by atoms with Crippen molar-refractivity contribution in [1.82, 2.24) is 0 Å². The number of nitrogens with one attached hydrogen (secondary N) is 1. The zero-order valence-electron chi connectivity index (χ0n) is 10.6. The van der Waals surface area contributed by atoms with Crippen LogP contribution in [0.15, 0.2) is 39.7 Å². The quantitative estimate of drug-likeness (QED) is 0.770. The molecule has 8 heteroatoms. The molecule has 0 amide bonds. The number of hydrogen-bond donors (Lipinski definition) is 1. The van der Waals surface area contributed by atoms with E-state index in [1.807, 2.05) is 0 Å². The molecule has 0 spiro atoms. The number of sulfonamides is 1. The molecule has 0 saturated heterocycles. The van der Waals surface area contributed by atoms with E-state index in [0.29, 0.717) is 10.0 Å². The van der Waals surface area contributed by atoms with Gasteiger partial charge < -0.3 is 0 Å². The van der Waals surface area contributed by atoms with Crippen molar-refractivity contribution in [3.8, 4) is 0 Å². The minimum atomic E-state index is -4.03. The average Bonchev–Trinajstić information content (AvgIpc) is 2.23. The highest BCUT2D eigenvalue weighted by Crippen LogP contribution is 2.34. The molecular formula is C13H9BrCl2FNO2S. The summed E-state index contributed by atoms with van der Waals surface area (Å²) < 4.78 is 40.9. The van der Waals surface area contributed by atoms with E-state index in [0.717, 1.165) is 6.07 Å². The van der Waals surface area contributed by atoms with Crippen LogP contribution in [0.3, 0.4) is 0 Å². The first-order chi connectivity index (χ1) is 9.69. The van der Waals surface area contributed by atoms with Crippen LogP contribution in [-0.4, -0.2) is 8.42 Å². The maximum Gasteiger partial charge on any atom is 0.264 e. The van der Waals surface area contributed by atoms with E-state index in [1.165, 1.54) is 24.3 Å². The van der Waals surface area contributed by atoms with E-state index in [4.69, 9.17) is 23.2 Å². The molecule has 0 aromatic heterocycles. The fourth-order valence-corrected chi connectivity index (χ4v) is 4.77. The van der Waals surface area contributed by atoms with Gasteiger partial charge in [-0.15, -0.1) is 0 Å². The first-order valence-electron chi connectivity index (χ1n) is 5.63. The molecule has 0 unspecified atom stereocenters. The topological polar surface area (TPSA) is 46.2 Å². The van der Waals surface area contributed by atoms with Gasteiger partial charge in [0.15, 0.2) is 0 Å². The van der Waals surface area contributed by atoms with Crippen molar-refractivity contribution < 1.29 is 12.8 Å². The third-order valence-corrected chi connectivity index (χ3v) is 5.29. The highest BCUT2D eigenvalue weighted by atomic mass is 79.9. The normalized spacial score (nSPS) is 11.5. The van der Waals surface area contributed by atoms with Gasteiger partial charge in [0.2, 0.25) is 0 Å². The third-order valence-electron chi connectivity index (χ3n) is 2.53. The minimum absolute atomic E-state index is 0.0324. The molecule has 0 aliphatic carbocycles. The van der Waals surface area contributed by atoms with Gasteiger partial charge in [-0.05, 0) is 42.8 Å². The van der Waals surface area contributed by atoms with Crippen LogP contribution in [0.4, 0.5) is 10.1 Å². The van der Waals surface area contributed by atoms with Crippen LogP contribution in [0, 0.1) is 12.7 Å². The monoisotopic (exact) mass is 411 g/mol. The first-order valence-corrected chi connectivity index (χ1v) is 8.67. The number of anilines is 1. The predicted molar refractivity (Wildman–Crippen MR) is 86.1 cm³/mol. The number of benzene rings is 2. The predicted octanol–water partition coefficient (Wildman–Crippen LogP) is 5.00. The number of rotatable bonds is 3. The zero-order valence-corrected chi connectivity index (χ0v) is 14.5. The van der Waals surface area contributed by atoms with Gasteiger partial charge in [-0.2, -0.15) is 0 Å². The highest BCUT2D eigenvalue weighted by molar-refractivity contribution is 9.10. The van der Waals surface area contributed by atoms with Crippen LogP contribution in [0.2, 0.25) is 10.0 Å². The maximum absolute atomic E-state index is 13.3. The lowest BCUT2D eigenvalue weighted by atomic mass is 10.2. The average molecular weight is 413 g/mol. The van der Waals surface area contributed by atoms with Crippen LogP contribution in [0.1, 0.15) is 5.56 Å². The van der Waals surface area contributed by atoms with E-state index < -0.39 is 15.8 Å². The van der Waals surface area contributed by atoms with Crippen molar-refractivity contribution >= 4 is 54.8 Å². The summed E-state index contributed by atoms with van der Waals surface area (Å²) >= 11 is 15.0. The lowest BCUT2D eigenvalue weighted by molar-refractivity contribution is 0.601. The first kappa shape index (κ1) is 16.5. The second-order valence-electron chi connectivity index (χ2n) is 4.32. The standard InChI is InChI=1S/C13H9BrCl2FNO2S/c1-7-2-9(17)6-10(3-7)18-21(19,20)13-11(15)4-8(14)5-12(13)16/h2-6,18H,1H3. The Kier molecular flexibility index (Phi) is 4.82. The Labute approximate surface area is 140 Å². The summed E-state index contributed by atoms with van der Waals surface area (Å²) in [6, 6.07) is 6.70. The van der Waals surface area contributed by atoms with E-state index >= 15 is 0 Å². The second kappa shape index (κ2) is 6.12. The number of hydrogen-bond acceptors (Lipinski definition) is 2. The summed E-state index contributed by atoms with van der Waals surface area (Å²) in [7, 11) is -4.03. The van der Waals surface area contributed by atoms with Crippen LogP contribution in [0.5, 0.6) is 0 Å². The van der Waals surface area contributed by atoms with E-state index in [2.05, 4.69) is 20.7 Å². The summed E-state index contributed by atoms with van der Waals surface area (Å²) in [5.74, 6) is -0.541. The summed E-state index contributed by atoms with van der Waals surface area (Å²) in [5, 5.41) is -0.0648. The van der Waals surface area contributed by atoms with E-state index in [1.54, 1.807) is 6.92 Å². The van der Waals surface area contributed by atoms with Gasteiger partial charge in [-0.1, -0.05) is 39.1 Å². The van der Waals surface area contributed by atoms with Crippen molar-refractivity contribution in [2.45, 2.75) is 11.8 Å². The van der Waals surface area contributed by atoms with Crippen molar-refractivity contribution in [3.63, 3.8) is 0 Å². The number of aryl methyl sites for hydroxylation is 1. The van der Waals surface area contributed by atoms with Gasteiger partial charge in [-0.25, -0.2) is 12.8 Å². The summed E-state index contributed by atoms with van der Waals surface area (Å²) in [6.45, 7) is 1.65. The molecule has 0 aliphatic rings. The van der Waals surface area contributed by atoms with Crippen molar-refractivity contribution in [2.75, 3.05) is 4.72 Å². The largest absolute Gasteiger partial charge is 0.279 e. The molecule has 0 radical (unpaired) electrons. The molecule has 0 atom stereocenters. The van der Waals surface area contributed by atoms with Gasteiger partial charge in [0.05, 0.1) is 15.7 Å². The van der Waals surface area contributed by atoms with Gasteiger partial charge in [-0.3, -0.25) is 4.72 Å². The molecular weight excluding hydrogens is 404 g/mol. The molecule has 21 heavy (non-hydrogen) atoms. The molecule has 0 fully saturated rings. The molecule has 0 bridgehead atoms. The fraction of sp³-hybridized carbons (Fsp3) is 0.0769. The van der Waals surface area contributed by atoms with Gasteiger partial charge >= 0.3 is 0 Å².